The van der Waals surface area contributed by atoms with Gasteiger partial charge in [-0.2, -0.15) is 5.10 Å². The number of carbonyl (C=O) groups is 1. The summed E-state index contributed by atoms with van der Waals surface area (Å²) in [4.78, 5) is 21.9. The first-order valence-electron chi connectivity index (χ1n) is 13.7. The van der Waals surface area contributed by atoms with Gasteiger partial charge >= 0.3 is 0 Å². The Morgan fingerprint density at radius 3 is 2.62 bits per heavy atom. The number of aromatic nitrogens is 4. The van der Waals surface area contributed by atoms with Gasteiger partial charge in [-0.1, -0.05) is 19.9 Å². The largest absolute Gasteiger partial charge is 0.358 e. The summed E-state index contributed by atoms with van der Waals surface area (Å²) in [6, 6.07) is 8.54. The number of nitrogens with zero attached hydrogens (tertiary/aromatic N) is 4. The standard InChI is InChI=1S/C28H35N7O3S/c1-17(2)26-22-12-19(18-8-10-34(11-9-18)15-25(36)29-3)4-7-23(22)32-27(26)20-13-24(28-30-16-31-35(28)14-20)33-39(37,38)21-5-6-21/h4,7,12-14,16-18,21,32-33H,5-6,8-11,15H2,1-3H3,(H,29,36). The molecule has 4 heterocycles. The summed E-state index contributed by atoms with van der Waals surface area (Å²) in [7, 11) is -1.78. The average Bonchev–Trinajstić information content (AvgIpc) is 3.56. The van der Waals surface area contributed by atoms with Gasteiger partial charge in [0, 0.05) is 29.7 Å². The van der Waals surface area contributed by atoms with E-state index in [1.54, 1.807) is 11.6 Å². The molecule has 10 nitrogen and oxygen atoms in total. The number of sulfonamides is 1. The van der Waals surface area contributed by atoms with Crippen molar-refractivity contribution in [3.63, 3.8) is 0 Å². The van der Waals surface area contributed by atoms with Crippen LogP contribution in [-0.4, -0.2) is 70.7 Å². The smallest absolute Gasteiger partial charge is 0.235 e. The van der Waals surface area contributed by atoms with Crippen molar-refractivity contribution in [2.75, 3.05) is 31.4 Å². The summed E-state index contributed by atoms with van der Waals surface area (Å²) < 4.78 is 29.9. The average molecular weight is 550 g/mol. The van der Waals surface area contributed by atoms with E-state index < -0.39 is 10.0 Å². The zero-order valence-electron chi connectivity index (χ0n) is 22.6. The maximum Gasteiger partial charge on any atom is 0.235 e. The molecule has 1 aliphatic carbocycles. The first-order chi connectivity index (χ1) is 18.7. The SMILES string of the molecule is CNC(=O)CN1CCC(c2ccc3[nH]c(-c4cc(NS(=O)(=O)C5CC5)c5ncnn5c4)c(C(C)C)c3c2)CC1. The molecular weight excluding hydrogens is 514 g/mol. The Morgan fingerprint density at radius 2 is 1.92 bits per heavy atom. The molecule has 2 fully saturated rings. The fraction of sp³-hybridized carbons (Fsp3) is 0.464. The van der Waals surface area contributed by atoms with Crippen molar-refractivity contribution in [3.05, 3.63) is 47.9 Å². The summed E-state index contributed by atoms with van der Waals surface area (Å²) in [6.45, 7) is 6.63. The molecule has 6 rings (SSSR count). The molecule has 0 atom stereocenters. The Morgan fingerprint density at radius 1 is 1.15 bits per heavy atom. The number of amides is 1. The first kappa shape index (κ1) is 25.8. The minimum Gasteiger partial charge on any atom is -0.358 e. The predicted molar refractivity (Wildman–Crippen MR) is 152 cm³/mol. The minimum atomic E-state index is -3.46. The Balaban J connectivity index is 1.35. The number of anilines is 1. The highest BCUT2D eigenvalue weighted by Gasteiger charge is 2.36. The number of aromatic amines is 1. The zero-order chi connectivity index (χ0) is 27.3. The van der Waals surface area contributed by atoms with Gasteiger partial charge in [-0.15, -0.1) is 0 Å². The topological polar surface area (TPSA) is 124 Å². The van der Waals surface area contributed by atoms with Crippen LogP contribution in [0.4, 0.5) is 5.69 Å². The van der Waals surface area contributed by atoms with Crippen LogP contribution in [0.15, 0.2) is 36.8 Å². The van der Waals surface area contributed by atoms with E-state index in [1.807, 2.05) is 12.3 Å². The molecule has 39 heavy (non-hydrogen) atoms. The number of hydrogen-bond donors (Lipinski definition) is 3. The van der Waals surface area contributed by atoms with Crippen LogP contribution in [0.1, 0.15) is 62.5 Å². The second-order valence-electron chi connectivity index (χ2n) is 11.1. The molecule has 3 N–H and O–H groups in total. The van der Waals surface area contributed by atoms with E-state index in [1.165, 1.54) is 22.8 Å². The Kier molecular flexibility index (Phi) is 6.58. The highest BCUT2D eigenvalue weighted by molar-refractivity contribution is 7.93. The quantitative estimate of drug-likeness (QED) is 0.307. The summed E-state index contributed by atoms with van der Waals surface area (Å²) in [5.41, 5.74) is 6.30. The van der Waals surface area contributed by atoms with Crippen LogP contribution in [0.2, 0.25) is 0 Å². The third kappa shape index (κ3) is 5.00. The van der Waals surface area contributed by atoms with Crippen LogP contribution >= 0.6 is 0 Å². The summed E-state index contributed by atoms with van der Waals surface area (Å²) in [5, 5.41) is 7.88. The highest BCUT2D eigenvalue weighted by Crippen LogP contribution is 2.39. The molecule has 2 aliphatic rings. The van der Waals surface area contributed by atoms with Gasteiger partial charge in [-0.05, 0) is 79.9 Å². The van der Waals surface area contributed by atoms with Gasteiger partial charge in [-0.3, -0.25) is 14.4 Å². The normalized spacial score (nSPS) is 17.3. The fourth-order valence-electron chi connectivity index (χ4n) is 5.77. The molecule has 206 valence electrons. The number of nitrogens with one attached hydrogen (secondary N) is 3. The van der Waals surface area contributed by atoms with E-state index >= 15 is 0 Å². The molecule has 11 heteroatoms. The molecule has 1 saturated carbocycles. The maximum absolute atomic E-state index is 12.8. The van der Waals surface area contributed by atoms with Crippen LogP contribution in [-0.2, 0) is 14.8 Å². The molecule has 0 bridgehead atoms. The van der Waals surface area contributed by atoms with Crippen LogP contribution in [0, 0.1) is 0 Å². The second kappa shape index (κ2) is 9.95. The van der Waals surface area contributed by atoms with Gasteiger partial charge in [0.15, 0.2) is 5.65 Å². The molecule has 0 radical (unpaired) electrons. The molecular formula is C28H35N7O3S. The summed E-state index contributed by atoms with van der Waals surface area (Å²) in [5.74, 6) is 0.740. The van der Waals surface area contributed by atoms with Gasteiger partial charge < -0.3 is 10.3 Å². The lowest BCUT2D eigenvalue weighted by atomic mass is 9.87. The molecule has 1 aromatic carbocycles. The number of piperidine rings is 1. The Labute approximate surface area is 228 Å². The highest BCUT2D eigenvalue weighted by atomic mass is 32.2. The van der Waals surface area contributed by atoms with Crippen molar-refractivity contribution in [1.82, 2.24) is 29.8 Å². The van der Waals surface area contributed by atoms with E-state index in [0.29, 0.717) is 36.6 Å². The maximum atomic E-state index is 12.8. The number of rotatable bonds is 8. The van der Waals surface area contributed by atoms with Gasteiger partial charge in [0.1, 0.15) is 6.33 Å². The van der Waals surface area contributed by atoms with Gasteiger partial charge in [0.05, 0.1) is 23.2 Å². The third-order valence-electron chi connectivity index (χ3n) is 8.02. The number of likely N-dealkylation sites (tertiary alicyclic amines) is 1. The van der Waals surface area contributed by atoms with Crippen LogP contribution in [0.25, 0.3) is 27.8 Å². The third-order valence-corrected chi connectivity index (χ3v) is 9.88. The van der Waals surface area contributed by atoms with Crippen LogP contribution in [0.3, 0.4) is 0 Å². The Hall–Kier alpha value is -3.44. The molecule has 0 unspecified atom stereocenters. The van der Waals surface area contributed by atoms with Crippen LogP contribution in [0.5, 0.6) is 0 Å². The van der Waals surface area contributed by atoms with Gasteiger partial charge in [-0.25, -0.2) is 17.9 Å². The van der Waals surface area contributed by atoms with Crippen molar-refractivity contribution in [3.8, 4) is 11.3 Å². The van der Waals surface area contributed by atoms with E-state index in [0.717, 1.165) is 42.7 Å². The lowest BCUT2D eigenvalue weighted by molar-refractivity contribution is -0.122. The first-order valence-corrected chi connectivity index (χ1v) is 15.2. The number of fused-ring (bicyclic) bond motifs is 2. The molecule has 3 aromatic heterocycles. The van der Waals surface area contributed by atoms with Crippen molar-refractivity contribution in [2.24, 2.45) is 0 Å². The zero-order valence-corrected chi connectivity index (χ0v) is 23.4. The molecule has 1 amide bonds. The van der Waals surface area contributed by atoms with E-state index in [-0.39, 0.29) is 17.1 Å². The van der Waals surface area contributed by atoms with E-state index in [9.17, 15) is 13.2 Å². The molecule has 0 spiro atoms. The van der Waals surface area contributed by atoms with Crippen LogP contribution < -0.4 is 10.0 Å². The lowest BCUT2D eigenvalue weighted by Crippen LogP contribution is -2.40. The molecule has 1 saturated heterocycles. The number of hydrogen-bond acceptors (Lipinski definition) is 6. The minimum absolute atomic E-state index is 0.0591. The summed E-state index contributed by atoms with van der Waals surface area (Å²) in [6.07, 6.45) is 6.75. The lowest BCUT2D eigenvalue weighted by Gasteiger charge is -2.31. The monoisotopic (exact) mass is 549 g/mol. The van der Waals surface area contributed by atoms with Gasteiger partial charge in [0.25, 0.3) is 0 Å². The number of benzene rings is 1. The molecule has 4 aromatic rings. The molecule has 1 aliphatic heterocycles. The van der Waals surface area contributed by atoms with Crippen molar-refractivity contribution in [1.29, 1.82) is 0 Å². The van der Waals surface area contributed by atoms with E-state index in [2.05, 4.69) is 62.1 Å². The number of likely N-dealkylation sites (N-methyl/N-ethyl adjacent to an activating group) is 1. The summed E-state index contributed by atoms with van der Waals surface area (Å²) >= 11 is 0. The van der Waals surface area contributed by atoms with Crippen molar-refractivity contribution in [2.45, 2.75) is 56.6 Å². The van der Waals surface area contributed by atoms with Gasteiger partial charge in [0.2, 0.25) is 15.9 Å². The fourth-order valence-corrected chi connectivity index (χ4v) is 7.15. The van der Waals surface area contributed by atoms with Crippen molar-refractivity contribution < 1.29 is 13.2 Å². The Bertz CT molecular complexity index is 1640. The predicted octanol–water partition coefficient (Wildman–Crippen LogP) is 3.83. The van der Waals surface area contributed by atoms with Crippen molar-refractivity contribution >= 4 is 38.2 Å². The number of H-pyrrole nitrogens is 1. The number of carbonyl (C=O) groups excluding carboxylic acids is 1. The van der Waals surface area contributed by atoms with E-state index in [4.69, 9.17) is 0 Å². The number of pyridine rings is 1. The second-order valence-corrected chi connectivity index (χ2v) is 13.1.